The molecule has 0 spiro atoms. The first kappa shape index (κ1) is 47.1. The molecular weight excluding hydrogens is 698 g/mol. The van der Waals surface area contributed by atoms with E-state index in [0.717, 1.165) is 0 Å². The zero-order valence-corrected chi connectivity index (χ0v) is 27.7. The fourth-order valence-electron chi connectivity index (χ4n) is 3.11. The molecule has 0 aromatic rings. The lowest BCUT2D eigenvalue weighted by Gasteiger charge is -2.09. The van der Waals surface area contributed by atoms with E-state index < -0.39 is 24.2 Å². The van der Waals surface area contributed by atoms with Crippen molar-refractivity contribution in [3.8, 4) is 0 Å². The number of carbonyl (C=O) groups is 4. The van der Waals surface area contributed by atoms with E-state index in [1.54, 1.807) is 10.6 Å². The zero-order chi connectivity index (χ0) is 37.4. The van der Waals surface area contributed by atoms with Gasteiger partial charge in [-0.05, 0) is 0 Å². The highest BCUT2D eigenvalue weighted by Crippen LogP contribution is 2.14. The Labute approximate surface area is 285 Å². The molecule has 0 saturated heterocycles. The lowest BCUT2D eigenvalue weighted by Crippen LogP contribution is -2.38. The van der Waals surface area contributed by atoms with Crippen molar-refractivity contribution in [3.05, 3.63) is 0 Å². The van der Waals surface area contributed by atoms with Gasteiger partial charge < -0.3 is 59.2 Å². The third-order valence-corrected chi connectivity index (χ3v) is 5.52. The molecule has 294 valence electrons. The Balaban J connectivity index is 3.31. The molecule has 0 aliphatic rings. The van der Waals surface area contributed by atoms with Crippen molar-refractivity contribution in [1.29, 1.82) is 0 Å². The Morgan fingerprint density at radius 3 is 0.820 bits per heavy atom. The van der Waals surface area contributed by atoms with Crippen molar-refractivity contribution in [2.45, 2.75) is 25.2 Å². The molecule has 0 aromatic carbocycles. The molecule has 16 nitrogen and oxygen atoms in total. The van der Waals surface area contributed by atoms with Crippen LogP contribution >= 0.6 is 0 Å². The van der Waals surface area contributed by atoms with Gasteiger partial charge in [0.1, 0.15) is 0 Å². The first-order valence-corrected chi connectivity index (χ1v) is 15.7. The molecular formula is C28H48F6N4O12. The Morgan fingerprint density at radius 2 is 0.560 bits per heavy atom. The predicted molar refractivity (Wildman–Crippen MR) is 160 cm³/mol. The van der Waals surface area contributed by atoms with Gasteiger partial charge >= 0.3 is 24.2 Å². The Kier molecular flexibility index (Phi) is 29.2. The van der Waals surface area contributed by atoms with Crippen molar-refractivity contribution >= 4 is 23.6 Å². The highest BCUT2D eigenvalue weighted by atomic mass is 19.4. The van der Waals surface area contributed by atoms with Crippen LogP contribution in [0.2, 0.25) is 0 Å². The van der Waals surface area contributed by atoms with E-state index in [9.17, 15) is 45.5 Å². The van der Waals surface area contributed by atoms with E-state index in [1.807, 2.05) is 0 Å². The minimum atomic E-state index is -4.93. The highest BCUT2D eigenvalue weighted by Gasteiger charge is 2.38. The first-order chi connectivity index (χ1) is 23.8. The SMILES string of the molecule is O=C(CCOCCOCCOCCOCCC(=O)NCCOCCOCCNC(=O)C(F)(F)F)NCCOCCOCCNC(=O)C(F)(F)F. The summed E-state index contributed by atoms with van der Waals surface area (Å²) in [6.45, 7) is 3.09. The molecule has 0 aliphatic carbocycles. The highest BCUT2D eigenvalue weighted by molar-refractivity contribution is 5.82. The minimum Gasteiger partial charge on any atom is -0.379 e. The average molecular weight is 747 g/mol. The monoisotopic (exact) mass is 746 g/mol. The second-order valence-corrected chi connectivity index (χ2v) is 9.61. The smallest absolute Gasteiger partial charge is 0.379 e. The molecule has 0 heterocycles. The summed E-state index contributed by atoms with van der Waals surface area (Å²) >= 11 is 0. The van der Waals surface area contributed by atoms with Gasteiger partial charge in [0.05, 0.1) is 106 Å². The van der Waals surface area contributed by atoms with Crippen LogP contribution < -0.4 is 21.3 Å². The summed E-state index contributed by atoms with van der Waals surface area (Å²) in [5.41, 5.74) is 0. The van der Waals surface area contributed by atoms with Gasteiger partial charge in [0.25, 0.3) is 0 Å². The largest absolute Gasteiger partial charge is 0.471 e. The van der Waals surface area contributed by atoms with Crippen LogP contribution in [0.4, 0.5) is 26.3 Å². The molecule has 22 heteroatoms. The van der Waals surface area contributed by atoms with Crippen LogP contribution in [0.15, 0.2) is 0 Å². The quantitative estimate of drug-likeness (QED) is 0.0498. The summed E-state index contributed by atoms with van der Waals surface area (Å²) in [6.07, 6.45) is -9.55. The summed E-state index contributed by atoms with van der Waals surface area (Å²) in [4.78, 5) is 44.7. The standard InChI is InChI=1S/C28H48F6N4O12/c29-27(30,31)25(41)37-5-11-47-17-15-45-9-3-35-23(39)1-7-43-13-19-49-21-22-50-20-14-44-8-2-24(40)36-4-10-46-16-18-48-12-6-38-26(42)28(32,33)34/h1-22H2,(H,35,39)(H,36,40)(H,37,41)(H,38,42). The molecule has 50 heavy (non-hydrogen) atoms. The molecule has 0 aliphatic heterocycles. The van der Waals surface area contributed by atoms with Crippen LogP contribution in [-0.4, -0.2) is 168 Å². The van der Waals surface area contributed by atoms with Crippen molar-refractivity contribution in [1.82, 2.24) is 21.3 Å². The van der Waals surface area contributed by atoms with Gasteiger partial charge in [0.2, 0.25) is 11.8 Å². The molecule has 0 radical (unpaired) electrons. The number of rotatable bonds is 33. The molecule has 0 unspecified atom stereocenters. The molecule has 0 atom stereocenters. The van der Waals surface area contributed by atoms with Crippen LogP contribution in [0.1, 0.15) is 12.8 Å². The molecule has 4 amide bonds. The summed E-state index contributed by atoms with van der Waals surface area (Å²) in [7, 11) is 0. The van der Waals surface area contributed by atoms with Crippen LogP contribution in [0, 0.1) is 0 Å². The van der Waals surface area contributed by atoms with Crippen molar-refractivity contribution in [2.24, 2.45) is 0 Å². The number of hydrogen-bond donors (Lipinski definition) is 4. The van der Waals surface area contributed by atoms with E-state index >= 15 is 0 Å². The number of amides is 4. The predicted octanol–water partition coefficient (Wildman–Crippen LogP) is -0.511. The molecule has 4 N–H and O–H groups in total. The number of alkyl halides is 6. The van der Waals surface area contributed by atoms with Crippen LogP contribution in [0.3, 0.4) is 0 Å². The molecule has 0 aromatic heterocycles. The minimum absolute atomic E-state index is 0.0940. The lowest BCUT2D eigenvalue weighted by atomic mass is 10.4. The fourth-order valence-corrected chi connectivity index (χ4v) is 3.11. The topological polar surface area (TPSA) is 190 Å². The van der Waals surface area contributed by atoms with E-state index in [2.05, 4.69) is 10.6 Å². The number of ether oxygens (including phenoxy) is 8. The molecule has 0 saturated carbocycles. The number of nitrogens with one attached hydrogen (secondary N) is 4. The maximum atomic E-state index is 12.0. The summed E-state index contributed by atoms with van der Waals surface area (Å²) in [6, 6.07) is 0. The lowest BCUT2D eigenvalue weighted by molar-refractivity contribution is -0.173. The normalized spacial score (nSPS) is 11.7. The first-order valence-electron chi connectivity index (χ1n) is 15.7. The number of halogens is 6. The zero-order valence-electron chi connectivity index (χ0n) is 27.7. The van der Waals surface area contributed by atoms with Gasteiger partial charge in [0.15, 0.2) is 0 Å². The molecule has 0 fully saturated rings. The third-order valence-electron chi connectivity index (χ3n) is 5.52. The van der Waals surface area contributed by atoms with Gasteiger partial charge in [-0.25, -0.2) is 0 Å². The van der Waals surface area contributed by atoms with Crippen LogP contribution in [0.25, 0.3) is 0 Å². The molecule has 0 bridgehead atoms. The second-order valence-electron chi connectivity index (χ2n) is 9.61. The Bertz CT molecular complexity index is 834. The molecule has 0 rings (SSSR count). The van der Waals surface area contributed by atoms with E-state index in [0.29, 0.717) is 39.6 Å². The summed E-state index contributed by atoms with van der Waals surface area (Å²) in [5.74, 6) is -4.50. The Hall–Kier alpha value is -2.86. The van der Waals surface area contributed by atoms with E-state index in [-0.39, 0.29) is 117 Å². The van der Waals surface area contributed by atoms with E-state index in [1.165, 1.54) is 0 Å². The fraction of sp³-hybridized carbons (Fsp3) is 0.857. The summed E-state index contributed by atoms with van der Waals surface area (Å²) in [5, 5.41) is 8.63. The van der Waals surface area contributed by atoms with Gasteiger partial charge in [-0.2, -0.15) is 26.3 Å². The van der Waals surface area contributed by atoms with Crippen LogP contribution in [0.5, 0.6) is 0 Å². The van der Waals surface area contributed by atoms with Gasteiger partial charge in [-0.15, -0.1) is 0 Å². The van der Waals surface area contributed by atoms with Gasteiger partial charge in [-0.1, -0.05) is 0 Å². The third kappa shape index (κ3) is 32.4. The summed E-state index contributed by atoms with van der Waals surface area (Å²) < 4.78 is 114. The van der Waals surface area contributed by atoms with Crippen LogP contribution in [-0.2, 0) is 57.1 Å². The average Bonchev–Trinajstić information content (AvgIpc) is 3.05. The Morgan fingerprint density at radius 1 is 0.340 bits per heavy atom. The second kappa shape index (κ2) is 30.9. The van der Waals surface area contributed by atoms with E-state index in [4.69, 9.17) is 37.9 Å². The van der Waals surface area contributed by atoms with Crippen molar-refractivity contribution in [2.75, 3.05) is 132 Å². The maximum Gasteiger partial charge on any atom is 0.471 e. The van der Waals surface area contributed by atoms with Gasteiger partial charge in [0, 0.05) is 39.0 Å². The number of hydrogen-bond acceptors (Lipinski definition) is 12. The van der Waals surface area contributed by atoms with Crippen molar-refractivity contribution < 1.29 is 83.4 Å². The number of carbonyl (C=O) groups excluding carboxylic acids is 4. The van der Waals surface area contributed by atoms with Crippen molar-refractivity contribution in [3.63, 3.8) is 0 Å². The maximum absolute atomic E-state index is 12.0. The van der Waals surface area contributed by atoms with Gasteiger partial charge in [-0.3, -0.25) is 19.2 Å².